The average molecular weight is 287 g/mol. The summed E-state index contributed by atoms with van der Waals surface area (Å²) < 4.78 is 40.6. The number of anilines is 1. The molecular formula is C10H8F3N5O2. The van der Waals surface area contributed by atoms with Gasteiger partial charge in [-0.25, -0.2) is 4.98 Å². The molecule has 0 spiro atoms. The summed E-state index contributed by atoms with van der Waals surface area (Å²) in [6.45, 7) is 0. The molecule has 2 aromatic rings. The molecule has 0 aliphatic heterocycles. The zero-order valence-electron chi connectivity index (χ0n) is 9.89. The first-order chi connectivity index (χ1) is 9.45. The number of carbonyl (C=O) groups excluding carboxylic acids is 1. The van der Waals surface area contributed by atoms with E-state index < -0.39 is 18.0 Å². The SMILES string of the molecule is O=C(CCc1noc(C(F)(F)F)n1)Nc1cnccn1. The Balaban J connectivity index is 1.86. The fraction of sp³-hybridized carbons (Fsp3) is 0.300. The topological polar surface area (TPSA) is 93.8 Å². The summed E-state index contributed by atoms with van der Waals surface area (Å²) >= 11 is 0. The first kappa shape index (κ1) is 13.9. The van der Waals surface area contributed by atoms with Gasteiger partial charge in [-0.3, -0.25) is 9.78 Å². The molecule has 0 aliphatic carbocycles. The molecular weight excluding hydrogens is 279 g/mol. The van der Waals surface area contributed by atoms with Gasteiger partial charge in [-0.05, 0) is 0 Å². The summed E-state index contributed by atoms with van der Waals surface area (Å²) in [6.07, 6.45) is -0.696. The number of rotatable bonds is 4. The quantitative estimate of drug-likeness (QED) is 0.914. The van der Waals surface area contributed by atoms with Gasteiger partial charge in [0.05, 0.1) is 6.20 Å². The molecule has 2 aromatic heterocycles. The van der Waals surface area contributed by atoms with Crippen molar-refractivity contribution in [2.24, 2.45) is 0 Å². The summed E-state index contributed by atoms with van der Waals surface area (Å²) in [5, 5.41) is 5.58. The Bertz CT molecular complexity index is 584. The molecule has 20 heavy (non-hydrogen) atoms. The molecule has 1 N–H and O–H groups in total. The van der Waals surface area contributed by atoms with E-state index in [0.29, 0.717) is 0 Å². The molecule has 0 aromatic carbocycles. The largest absolute Gasteiger partial charge is 0.471 e. The van der Waals surface area contributed by atoms with Gasteiger partial charge in [0.15, 0.2) is 11.6 Å². The minimum absolute atomic E-state index is 0.0777. The molecule has 2 rings (SSSR count). The Hall–Kier alpha value is -2.52. The molecule has 10 heteroatoms. The lowest BCUT2D eigenvalue weighted by Gasteiger charge is -2.01. The molecule has 0 aliphatic rings. The summed E-state index contributed by atoms with van der Waals surface area (Å²) in [6, 6.07) is 0. The lowest BCUT2D eigenvalue weighted by Crippen LogP contribution is -2.14. The van der Waals surface area contributed by atoms with Gasteiger partial charge in [0, 0.05) is 25.2 Å². The zero-order valence-corrected chi connectivity index (χ0v) is 9.89. The van der Waals surface area contributed by atoms with Gasteiger partial charge in [0.25, 0.3) is 0 Å². The number of alkyl halides is 3. The van der Waals surface area contributed by atoms with Crippen LogP contribution >= 0.6 is 0 Å². The maximum absolute atomic E-state index is 12.2. The first-order valence-electron chi connectivity index (χ1n) is 5.41. The first-order valence-corrected chi connectivity index (χ1v) is 5.41. The predicted molar refractivity (Wildman–Crippen MR) is 58.3 cm³/mol. The smallest absolute Gasteiger partial charge is 0.329 e. The van der Waals surface area contributed by atoms with Crippen molar-refractivity contribution in [2.75, 3.05) is 5.32 Å². The third kappa shape index (κ3) is 3.73. The zero-order chi connectivity index (χ0) is 14.6. The van der Waals surface area contributed by atoms with Gasteiger partial charge in [-0.1, -0.05) is 5.16 Å². The van der Waals surface area contributed by atoms with Crippen molar-refractivity contribution >= 4 is 11.7 Å². The molecule has 0 radical (unpaired) electrons. The Morgan fingerprint density at radius 1 is 1.35 bits per heavy atom. The molecule has 1 amide bonds. The van der Waals surface area contributed by atoms with Crippen LogP contribution in [0.1, 0.15) is 18.1 Å². The second-order valence-corrected chi connectivity index (χ2v) is 3.65. The van der Waals surface area contributed by atoms with Crippen LogP contribution in [0.25, 0.3) is 0 Å². The Morgan fingerprint density at radius 3 is 2.75 bits per heavy atom. The molecule has 2 heterocycles. The second-order valence-electron chi connectivity index (χ2n) is 3.65. The highest BCUT2D eigenvalue weighted by Crippen LogP contribution is 2.27. The second kappa shape index (κ2) is 5.63. The van der Waals surface area contributed by atoms with Crippen molar-refractivity contribution in [2.45, 2.75) is 19.0 Å². The van der Waals surface area contributed by atoms with Crippen molar-refractivity contribution in [3.8, 4) is 0 Å². The van der Waals surface area contributed by atoms with E-state index in [1.54, 1.807) is 0 Å². The van der Waals surface area contributed by atoms with E-state index in [1.807, 2.05) is 0 Å². The molecule has 0 atom stereocenters. The van der Waals surface area contributed by atoms with Crippen LogP contribution in [0, 0.1) is 0 Å². The number of amides is 1. The molecule has 7 nitrogen and oxygen atoms in total. The lowest BCUT2D eigenvalue weighted by atomic mass is 10.3. The number of hydrogen-bond donors (Lipinski definition) is 1. The van der Waals surface area contributed by atoms with Crippen LogP contribution in [0.3, 0.4) is 0 Å². The van der Waals surface area contributed by atoms with E-state index in [1.165, 1.54) is 18.6 Å². The summed E-state index contributed by atoms with van der Waals surface area (Å²) in [5.74, 6) is -1.81. The van der Waals surface area contributed by atoms with E-state index in [4.69, 9.17) is 0 Å². The predicted octanol–water partition coefficient (Wildman–Crippen LogP) is 1.45. The van der Waals surface area contributed by atoms with Gasteiger partial charge >= 0.3 is 12.1 Å². The number of aryl methyl sites for hydroxylation is 1. The van der Waals surface area contributed by atoms with Crippen molar-refractivity contribution in [3.05, 3.63) is 30.3 Å². The fourth-order valence-electron chi connectivity index (χ4n) is 1.26. The van der Waals surface area contributed by atoms with Crippen LogP contribution in [0.4, 0.5) is 19.0 Å². The molecule has 0 unspecified atom stereocenters. The van der Waals surface area contributed by atoms with Crippen LogP contribution in [0.5, 0.6) is 0 Å². The molecule has 0 saturated heterocycles. The van der Waals surface area contributed by atoms with E-state index in [9.17, 15) is 18.0 Å². The van der Waals surface area contributed by atoms with Crippen LogP contribution in [-0.2, 0) is 17.4 Å². The van der Waals surface area contributed by atoms with Crippen molar-refractivity contribution in [1.82, 2.24) is 20.1 Å². The molecule has 0 saturated carbocycles. The van der Waals surface area contributed by atoms with E-state index in [2.05, 4.69) is 29.9 Å². The molecule has 0 fully saturated rings. The van der Waals surface area contributed by atoms with Gasteiger partial charge in [0.1, 0.15) is 0 Å². The van der Waals surface area contributed by atoms with E-state index in [-0.39, 0.29) is 24.5 Å². The highest BCUT2D eigenvalue weighted by Gasteiger charge is 2.38. The van der Waals surface area contributed by atoms with Crippen molar-refractivity contribution < 1.29 is 22.5 Å². The maximum Gasteiger partial charge on any atom is 0.471 e. The normalized spacial score (nSPS) is 11.3. The van der Waals surface area contributed by atoms with Gasteiger partial charge in [-0.15, -0.1) is 0 Å². The number of hydrogen-bond acceptors (Lipinski definition) is 6. The molecule has 0 bridgehead atoms. The third-order valence-corrected chi connectivity index (χ3v) is 2.12. The van der Waals surface area contributed by atoms with E-state index in [0.717, 1.165) is 0 Å². The number of nitrogens with zero attached hydrogens (tertiary/aromatic N) is 4. The Labute approximate surface area is 110 Å². The van der Waals surface area contributed by atoms with Gasteiger partial charge < -0.3 is 9.84 Å². The summed E-state index contributed by atoms with van der Waals surface area (Å²) in [5.41, 5.74) is 0. The Kier molecular flexibility index (Phi) is 3.91. The number of halogens is 3. The fourth-order valence-corrected chi connectivity index (χ4v) is 1.26. The van der Waals surface area contributed by atoms with Crippen LogP contribution in [0.2, 0.25) is 0 Å². The van der Waals surface area contributed by atoms with Gasteiger partial charge in [0.2, 0.25) is 5.91 Å². The highest BCUT2D eigenvalue weighted by molar-refractivity contribution is 5.89. The average Bonchev–Trinajstić information content (AvgIpc) is 2.86. The van der Waals surface area contributed by atoms with Crippen LogP contribution in [0.15, 0.2) is 23.1 Å². The maximum atomic E-state index is 12.2. The van der Waals surface area contributed by atoms with Gasteiger partial charge in [-0.2, -0.15) is 18.2 Å². The lowest BCUT2D eigenvalue weighted by molar-refractivity contribution is -0.159. The van der Waals surface area contributed by atoms with Crippen molar-refractivity contribution in [1.29, 1.82) is 0 Å². The third-order valence-electron chi connectivity index (χ3n) is 2.12. The number of nitrogens with one attached hydrogen (secondary N) is 1. The number of aromatic nitrogens is 4. The minimum Gasteiger partial charge on any atom is -0.329 e. The number of carbonyl (C=O) groups is 1. The van der Waals surface area contributed by atoms with Crippen molar-refractivity contribution in [3.63, 3.8) is 0 Å². The molecule has 106 valence electrons. The minimum atomic E-state index is -4.69. The van der Waals surface area contributed by atoms with E-state index >= 15 is 0 Å². The monoisotopic (exact) mass is 287 g/mol. The summed E-state index contributed by atoms with van der Waals surface area (Å²) in [4.78, 5) is 22.2. The highest BCUT2D eigenvalue weighted by atomic mass is 19.4. The van der Waals surface area contributed by atoms with Crippen LogP contribution < -0.4 is 5.32 Å². The Morgan fingerprint density at radius 2 is 2.15 bits per heavy atom. The van der Waals surface area contributed by atoms with Crippen LogP contribution in [-0.4, -0.2) is 26.0 Å². The summed E-state index contributed by atoms with van der Waals surface area (Å²) in [7, 11) is 0. The standard InChI is InChI=1S/C10H8F3N5O2/c11-10(12,13)9-17-6(18-20-9)1-2-8(19)16-7-5-14-3-4-15-7/h3-5H,1-2H2,(H,15,16,19).